The Balaban J connectivity index is 2.42. The van der Waals surface area contributed by atoms with Gasteiger partial charge in [0.2, 0.25) is 0 Å². The van der Waals surface area contributed by atoms with Gasteiger partial charge in [-0.05, 0) is 76.9 Å². The van der Waals surface area contributed by atoms with Gasteiger partial charge < -0.3 is 5.32 Å². The van der Waals surface area contributed by atoms with Crippen LogP contribution in [0.25, 0.3) is 0 Å². The van der Waals surface area contributed by atoms with Crippen molar-refractivity contribution in [3.63, 3.8) is 0 Å². The zero-order valence-electron chi connectivity index (χ0n) is 13.8. The quantitative estimate of drug-likeness (QED) is 0.856. The van der Waals surface area contributed by atoms with Crippen LogP contribution in [0.5, 0.6) is 0 Å². The molecule has 0 spiro atoms. The summed E-state index contributed by atoms with van der Waals surface area (Å²) in [5, 5.41) is 3.41. The maximum Gasteiger partial charge on any atom is 0.0402 e. The van der Waals surface area contributed by atoms with Crippen LogP contribution in [0, 0.1) is 12.8 Å². The van der Waals surface area contributed by atoms with Crippen LogP contribution in [-0.4, -0.2) is 31.1 Å². The topological polar surface area (TPSA) is 15.3 Å². The summed E-state index contributed by atoms with van der Waals surface area (Å²) in [4.78, 5) is 2.70. The van der Waals surface area contributed by atoms with Crippen molar-refractivity contribution in [1.29, 1.82) is 0 Å². The number of benzene rings is 1. The molecule has 1 N–H and O–H groups in total. The molecule has 1 aliphatic heterocycles. The first-order chi connectivity index (χ1) is 10.0. The monoisotopic (exact) mass is 352 g/mol. The standard InChI is InChI=1S/C18H29BrN2/c1-13(2)21-10-6-5-7-15(12-20-4)18(21)16-9-8-14(3)11-17(16)19/h8-9,11,13,15,18,20H,5-7,10,12H2,1-4H3. The van der Waals surface area contributed by atoms with Crippen LogP contribution in [0.15, 0.2) is 22.7 Å². The summed E-state index contributed by atoms with van der Waals surface area (Å²) >= 11 is 3.82. The van der Waals surface area contributed by atoms with Crippen LogP contribution < -0.4 is 5.32 Å². The van der Waals surface area contributed by atoms with E-state index >= 15 is 0 Å². The molecule has 1 aromatic rings. The Morgan fingerprint density at radius 2 is 2.10 bits per heavy atom. The van der Waals surface area contributed by atoms with E-state index in [2.05, 4.69) is 72.2 Å². The van der Waals surface area contributed by atoms with Crippen molar-refractivity contribution >= 4 is 15.9 Å². The first kappa shape index (κ1) is 17.0. The van der Waals surface area contributed by atoms with E-state index in [4.69, 9.17) is 0 Å². The van der Waals surface area contributed by atoms with E-state index in [-0.39, 0.29) is 0 Å². The fourth-order valence-electron chi connectivity index (χ4n) is 3.63. The highest BCUT2D eigenvalue weighted by Gasteiger charge is 2.33. The smallest absolute Gasteiger partial charge is 0.0402 e. The van der Waals surface area contributed by atoms with Crippen molar-refractivity contribution in [2.45, 2.75) is 52.1 Å². The third kappa shape index (κ3) is 4.08. The van der Waals surface area contributed by atoms with E-state index in [0.717, 1.165) is 6.54 Å². The Labute approximate surface area is 138 Å². The van der Waals surface area contributed by atoms with Gasteiger partial charge in [-0.3, -0.25) is 4.90 Å². The summed E-state index contributed by atoms with van der Waals surface area (Å²) in [6.45, 7) is 9.12. The maximum absolute atomic E-state index is 3.82. The van der Waals surface area contributed by atoms with Crippen LogP contribution >= 0.6 is 15.9 Å². The van der Waals surface area contributed by atoms with Gasteiger partial charge in [-0.15, -0.1) is 0 Å². The number of hydrogen-bond acceptors (Lipinski definition) is 2. The van der Waals surface area contributed by atoms with E-state index < -0.39 is 0 Å². The molecule has 0 aliphatic carbocycles. The molecule has 21 heavy (non-hydrogen) atoms. The Morgan fingerprint density at radius 3 is 2.71 bits per heavy atom. The number of nitrogens with zero attached hydrogens (tertiary/aromatic N) is 1. The van der Waals surface area contributed by atoms with Crippen molar-refractivity contribution in [2.24, 2.45) is 5.92 Å². The van der Waals surface area contributed by atoms with Gasteiger partial charge in [-0.25, -0.2) is 0 Å². The molecular formula is C18H29BrN2. The van der Waals surface area contributed by atoms with Crippen molar-refractivity contribution in [3.8, 4) is 0 Å². The second-order valence-electron chi connectivity index (χ2n) is 6.61. The van der Waals surface area contributed by atoms with Crippen LogP contribution in [0.1, 0.15) is 50.3 Å². The zero-order valence-corrected chi connectivity index (χ0v) is 15.4. The minimum atomic E-state index is 0.509. The molecule has 3 heteroatoms. The predicted octanol–water partition coefficient (Wildman–Crippen LogP) is 4.53. The van der Waals surface area contributed by atoms with Crippen molar-refractivity contribution in [2.75, 3.05) is 20.1 Å². The SMILES string of the molecule is CNCC1CCCCN(C(C)C)C1c1ccc(C)cc1Br. The second-order valence-corrected chi connectivity index (χ2v) is 7.47. The van der Waals surface area contributed by atoms with E-state index in [1.54, 1.807) is 0 Å². The van der Waals surface area contributed by atoms with Crippen molar-refractivity contribution in [1.82, 2.24) is 10.2 Å². The maximum atomic E-state index is 3.82. The van der Waals surface area contributed by atoms with Gasteiger partial charge in [-0.1, -0.05) is 34.5 Å². The number of halogens is 1. The molecule has 1 aliphatic rings. The lowest BCUT2D eigenvalue weighted by molar-refractivity contribution is 0.118. The first-order valence-electron chi connectivity index (χ1n) is 8.21. The molecule has 2 nitrogen and oxygen atoms in total. The summed E-state index contributed by atoms with van der Waals surface area (Å²) in [6, 6.07) is 7.93. The highest BCUT2D eigenvalue weighted by atomic mass is 79.9. The fraction of sp³-hybridized carbons (Fsp3) is 0.667. The van der Waals surface area contributed by atoms with Gasteiger partial charge in [0.1, 0.15) is 0 Å². The average Bonchev–Trinajstić information content (AvgIpc) is 2.62. The Hall–Kier alpha value is -0.380. The number of nitrogens with one attached hydrogen (secondary N) is 1. The third-order valence-electron chi connectivity index (χ3n) is 4.65. The molecule has 2 unspecified atom stereocenters. The van der Waals surface area contributed by atoms with Crippen LogP contribution in [-0.2, 0) is 0 Å². The average molecular weight is 353 g/mol. The normalized spacial score (nSPS) is 24.3. The van der Waals surface area contributed by atoms with Crippen molar-refractivity contribution < 1.29 is 0 Å². The summed E-state index contributed by atoms with van der Waals surface area (Å²) in [5.74, 6) is 0.680. The van der Waals surface area contributed by atoms with Crippen LogP contribution in [0.4, 0.5) is 0 Å². The van der Waals surface area contributed by atoms with Gasteiger partial charge in [0.05, 0.1) is 0 Å². The molecule has 0 bridgehead atoms. The van der Waals surface area contributed by atoms with Gasteiger partial charge in [0, 0.05) is 16.6 Å². The number of likely N-dealkylation sites (tertiary alicyclic amines) is 1. The van der Waals surface area contributed by atoms with E-state index in [9.17, 15) is 0 Å². The van der Waals surface area contributed by atoms with Crippen LogP contribution in [0.3, 0.4) is 0 Å². The largest absolute Gasteiger partial charge is 0.319 e. The molecule has 1 fully saturated rings. The molecule has 0 amide bonds. The van der Waals surface area contributed by atoms with Gasteiger partial charge in [0.25, 0.3) is 0 Å². The molecule has 2 atom stereocenters. The summed E-state index contributed by atoms with van der Waals surface area (Å²) < 4.78 is 1.26. The summed E-state index contributed by atoms with van der Waals surface area (Å²) in [5.41, 5.74) is 2.77. The molecule has 1 heterocycles. The highest BCUT2D eigenvalue weighted by Crippen LogP contribution is 2.39. The Morgan fingerprint density at radius 1 is 1.33 bits per heavy atom. The van der Waals surface area contributed by atoms with Crippen molar-refractivity contribution in [3.05, 3.63) is 33.8 Å². The minimum Gasteiger partial charge on any atom is -0.319 e. The molecule has 1 saturated heterocycles. The lowest BCUT2D eigenvalue weighted by Gasteiger charge is -2.38. The molecular weight excluding hydrogens is 324 g/mol. The number of aryl methyl sites for hydroxylation is 1. The number of hydrogen-bond donors (Lipinski definition) is 1. The summed E-state index contributed by atoms with van der Waals surface area (Å²) in [7, 11) is 2.08. The lowest BCUT2D eigenvalue weighted by Crippen LogP contribution is -2.40. The van der Waals surface area contributed by atoms with E-state index in [1.165, 1.54) is 41.4 Å². The summed E-state index contributed by atoms with van der Waals surface area (Å²) in [6.07, 6.45) is 3.98. The highest BCUT2D eigenvalue weighted by molar-refractivity contribution is 9.10. The van der Waals surface area contributed by atoms with Crippen LogP contribution in [0.2, 0.25) is 0 Å². The Bertz CT molecular complexity index is 459. The second kappa shape index (κ2) is 7.75. The van der Waals surface area contributed by atoms with E-state index in [1.807, 2.05) is 0 Å². The minimum absolute atomic E-state index is 0.509. The zero-order chi connectivity index (χ0) is 15.4. The van der Waals surface area contributed by atoms with E-state index in [0.29, 0.717) is 18.0 Å². The first-order valence-corrected chi connectivity index (χ1v) is 9.00. The molecule has 2 rings (SSSR count). The number of rotatable bonds is 4. The van der Waals surface area contributed by atoms with Gasteiger partial charge in [0.15, 0.2) is 0 Å². The third-order valence-corrected chi connectivity index (χ3v) is 5.34. The molecule has 1 aromatic carbocycles. The molecule has 118 valence electrons. The Kier molecular flexibility index (Phi) is 6.27. The fourth-order valence-corrected chi connectivity index (χ4v) is 4.36. The lowest BCUT2D eigenvalue weighted by atomic mass is 9.88. The molecule has 0 radical (unpaired) electrons. The molecule has 0 aromatic heterocycles. The van der Waals surface area contributed by atoms with Gasteiger partial charge in [-0.2, -0.15) is 0 Å². The van der Waals surface area contributed by atoms with Gasteiger partial charge >= 0.3 is 0 Å². The predicted molar refractivity (Wildman–Crippen MR) is 94.7 cm³/mol. The molecule has 0 saturated carbocycles.